The molecule has 2 aromatic rings. The highest BCUT2D eigenvalue weighted by Crippen LogP contribution is 2.20. The minimum absolute atomic E-state index is 0.131. The number of hydrogen-bond acceptors (Lipinski definition) is 4. The van der Waals surface area contributed by atoms with Gasteiger partial charge in [-0.3, -0.25) is 9.48 Å². The minimum atomic E-state index is -0.131. The first-order valence-electron chi connectivity index (χ1n) is 5.59. The minimum Gasteiger partial charge on any atom is -0.508 e. The number of aryl methyl sites for hydroxylation is 2. The van der Waals surface area contributed by atoms with Crippen molar-refractivity contribution < 1.29 is 9.90 Å². The molecule has 1 aromatic heterocycles. The lowest BCUT2D eigenvalue weighted by Gasteiger charge is -2.06. The van der Waals surface area contributed by atoms with Crippen LogP contribution in [0.4, 0.5) is 5.69 Å². The molecule has 2 rings (SSSR count). The van der Waals surface area contributed by atoms with Gasteiger partial charge in [0.25, 0.3) is 0 Å². The van der Waals surface area contributed by atoms with Gasteiger partial charge in [-0.1, -0.05) is 11.3 Å². The van der Waals surface area contributed by atoms with Crippen LogP contribution in [0.1, 0.15) is 12.0 Å². The molecule has 18 heavy (non-hydrogen) atoms. The van der Waals surface area contributed by atoms with E-state index in [1.165, 1.54) is 6.07 Å². The number of anilines is 1. The number of phenols is 1. The summed E-state index contributed by atoms with van der Waals surface area (Å²) in [5.41, 5.74) is 1.36. The van der Waals surface area contributed by atoms with Gasteiger partial charge in [-0.15, -0.1) is 5.10 Å². The fraction of sp³-hybridized carbons (Fsp3) is 0.250. The van der Waals surface area contributed by atoms with Gasteiger partial charge in [0.15, 0.2) is 0 Å². The van der Waals surface area contributed by atoms with E-state index in [9.17, 15) is 9.90 Å². The van der Waals surface area contributed by atoms with Gasteiger partial charge in [0, 0.05) is 24.4 Å². The van der Waals surface area contributed by atoms with E-state index in [2.05, 4.69) is 15.6 Å². The quantitative estimate of drug-likeness (QED) is 0.852. The summed E-state index contributed by atoms with van der Waals surface area (Å²) in [4.78, 5) is 11.6. The summed E-state index contributed by atoms with van der Waals surface area (Å²) in [6, 6.07) is 5.04. The van der Waals surface area contributed by atoms with E-state index in [1.807, 2.05) is 0 Å². The molecule has 0 fully saturated rings. The average Bonchev–Trinajstić information content (AvgIpc) is 2.84. The van der Waals surface area contributed by atoms with Gasteiger partial charge in [0.05, 0.1) is 12.7 Å². The lowest BCUT2D eigenvalue weighted by Crippen LogP contribution is -2.14. The zero-order chi connectivity index (χ0) is 13.0. The van der Waals surface area contributed by atoms with Crippen molar-refractivity contribution in [3.63, 3.8) is 0 Å². The smallest absolute Gasteiger partial charge is 0.226 e. The first kappa shape index (κ1) is 12.1. The number of aromatic nitrogens is 3. The van der Waals surface area contributed by atoms with Crippen molar-refractivity contribution in [1.29, 1.82) is 0 Å². The third kappa shape index (κ3) is 3.07. The van der Waals surface area contributed by atoms with Crippen LogP contribution in [0.3, 0.4) is 0 Å². The molecule has 2 N–H and O–H groups in total. The number of hydrogen-bond donors (Lipinski definition) is 2. The maximum atomic E-state index is 11.6. The molecule has 6 nitrogen and oxygen atoms in total. The molecular formula is C12H14N4O2. The molecule has 94 valence electrons. The Kier molecular flexibility index (Phi) is 3.57. The third-order valence-corrected chi connectivity index (χ3v) is 2.53. The van der Waals surface area contributed by atoms with Crippen LogP contribution in [0.5, 0.6) is 5.75 Å². The molecule has 0 unspecified atom stereocenters. The molecule has 0 saturated heterocycles. The molecule has 6 heteroatoms. The van der Waals surface area contributed by atoms with Gasteiger partial charge in [-0.2, -0.15) is 0 Å². The highest BCUT2D eigenvalue weighted by atomic mass is 16.3. The molecule has 0 aliphatic heterocycles. The lowest BCUT2D eigenvalue weighted by atomic mass is 10.2. The number of phenolic OH excluding ortho intramolecular Hbond substituents is 1. The van der Waals surface area contributed by atoms with Crippen LogP contribution in [-0.4, -0.2) is 26.0 Å². The van der Waals surface area contributed by atoms with Crippen LogP contribution in [0.2, 0.25) is 0 Å². The van der Waals surface area contributed by atoms with E-state index in [-0.39, 0.29) is 11.7 Å². The Morgan fingerprint density at radius 2 is 2.33 bits per heavy atom. The van der Waals surface area contributed by atoms with E-state index >= 15 is 0 Å². The highest BCUT2D eigenvalue weighted by molar-refractivity contribution is 5.90. The average molecular weight is 246 g/mol. The van der Waals surface area contributed by atoms with Gasteiger partial charge in [0.1, 0.15) is 5.75 Å². The zero-order valence-electron chi connectivity index (χ0n) is 10.00. The van der Waals surface area contributed by atoms with Crippen molar-refractivity contribution in [2.24, 2.45) is 0 Å². The topological polar surface area (TPSA) is 80.0 Å². The molecule has 0 spiro atoms. The molecule has 1 heterocycles. The van der Waals surface area contributed by atoms with Crippen LogP contribution in [0.25, 0.3) is 0 Å². The summed E-state index contributed by atoms with van der Waals surface area (Å²) < 4.78 is 1.59. The number of benzene rings is 1. The Hall–Kier alpha value is -2.37. The largest absolute Gasteiger partial charge is 0.508 e. The Morgan fingerprint density at radius 1 is 1.50 bits per heavy atom. The number of nitrogens with zero attached hydrogens (tertiary/aromatic N) is 3. The van der Waals surface area contributed by atoms with Crippen molar-refractivity contribution in [2.45, 2.75) is 19.9 Å². The summed E-state index contributed by atoms with van der Waals surface area (Å²) in [5, 5.41) is 19.7. The standard InChI is InChI=1S/C12H14N4O2/c1-9-2-3-10(8-11(9)17)14-12(18)4-6-16-7-5-13-15-16/h2-3,5,7-8,17H,4,6H2,1H3,(H,14,18). The van der Waals surface area contributed by atoms with E-state index in [4.69, 9.17) is 0 Å². The molecule has 0 saturated carbocycles. The van der Waals surface area contributed by atoms with Crippen molar-refractivity contribution >= 4 is 11.6 Å². The Balaban J connectivity index is 1.88. The van der Waals surface area contributed by atoms with E-state index in [0.717, 1.165) is 5.56 Å². The maximum absolute atomic E-state index is 11.6. The van der Waals surface area contributed by atoms with E-state index < -0.39 is 0 Å². The molecule has 1 aromatic carbocycles. The van der Waals surface area contributed by atoms with E-state index in [0.29, 0.717) is 18.7 Å². The Labute approximate surface area is 104 Å². The van der Waals surface area contributed by atoms with Crippen molar-refractivity contribution in [3.05, 3.63) is 36.2 Å². The number of amides is 1. The normalized spacial score (nSPS) is 10.3. The summed E-state index contributed by atoms with van der Waals surface area (Å²) >= 11 is 0. The number of carbonyl (C=O) groups is 1. The first-order chi connectivity index (χ1) is 8.65. The zero-order valence-corrected chi connectivity index (χ0v) is 10.00. The number of nitrogens with one attached hydrogen (secondary N) is 1. The lowest BCUT2D eigenvalue weighted by molar-refractivity contribution is -0.116. The maximum Gasteiger partial charge on any atom is 0.226 e. The fourth-order valence-electron chi connectivity index (χ4n) is 1.48. The van der Waals surface area contributed by atoms with Crippen molar-refractivity contribution in [3.8, 4) is 5.75 Å². The van der Waals surface area contributed by atoms with Crippen LogP contribution in [-0.2, 0) is 11.3 Å². The molecule has 0 aliphatic carbocycles. The summed E-state index contributed by atoms with van der Waals surface area (Å²) in [7, 11) is 0. The molecule has 0 atom stereocenters. The van der Waals surface area contributed by atoms with Crippen LogP contribution in [0.15, 0.2) is 30.6 Å². The molecule has 1 amide bonds. The van der Waals surface area contributed by atoms with Crippen LogP contribution in [0, 0.1) is 6.92 Å². The fourth-order valence-corrected chi connectivity index (χ4v) is 1.48. The van der Waals surface area contributed by atoms with Gasteiger partial charge in [-0.25, -0.2) is 0 Å². The number of rotatable bonds is 4. The molecule has 0 radical (unpaired) electrons. The molecule has 0 aliphatic rings. The summed E-state index contributed by atoms with van der Waals surface area (Å²) in [5.74, 6) is 0.0397. The van der Waals surface area contributed by atoms with Gasteiger partial charge >= 0.3 is 0 Å². The Morgan fingerprint density at radius 3 is 3.00 bits per heavy atom. The third-order valence-electron chi connectivity index (χ3n) is 2.53. The van der Waals surface area contributed by atoms with Gasteiger partial charge in [0.2, 0.25) is 5.91 Å². The number of aromatic hydroxyl groups is 1. The van der Waals surface area contributed by atoms with Crippen LogP contribution >= 0.6 is 0 Å². The monoisotopic (exact) mass is 246 g/mol. The predicted molar refractivity (Wildman–Crippen MR) is 66.1 cm³/mol. The first-order valence-corrected chi connectivity index (χ1v) is 5.59. The van der Waals surface area contributed by atoms with Gasteiger partial charge < -0.3 is 10.4 Å². The van der Waals surface area contributed by atoms with Crippen molar-refractivity contribution in [1.82, 2.24) is 15.0 Å². The van der Waals surface area contributed by atoms with Crippen LogP contribution < -0.4 is 5.32 Å². The summed E-state index contributed by atoms with van der Waals surface area (Å²) in [6.07, 6.45) is 3.57. The van der Waals surface area contributed by atoms with Gasteiger partial charge in [-0.05, 0) is 18.6 Å². The SMILES string of the molecule is Cc1ccc(NC(=O)CCn2ccnn2)cc1O. The molecular weight excluding hydrogens is 232 g/mol. The second-order valence-corrected chi connectivity index (χ2v) is 3.97. The predicted octanol–water partition coefficient (Wildman–Crippen LogP) is 1.32. The Bertz CT molecular complexity index is 537. The second-order valence-electron chi connectivity index (χ2n) is 3.97. The second kappa shape index (κ2) is 5.31. The van der Waals surface area contributed by atoms with E-state index in [1.54, 1.807) is 36.1 Å². The van der Waals surface area contributed by atoms with Crippen molar-refractivity contribution in [2.75, 3.05) is 5.32 Å². The summed E-state index contributed by atoms with van der Waals surface area (Å²) in [6.45, 7) is 2.27. The number of carbonyl (C=O) groups excluding carboxylic acids is 1. The highest BCUT2D eigenvalue weighted by Gasteiger charge is 2.04. The molecule has 0 bridgehead atoms.